The Labute approximate surface area is 153 Å². The van der Waals surface area contributed by atoms with Crippen molar-refractivity contribution in [1.82, 2.24) is 24.8 Å². The quantitative estimate of drug-likeness (QED) is 0.694. The Balaban J connectivity index is 1.97. The summed E-state index contributed by atoms with van der Waals surface area (Å²) >= 11 is 0. The molecule has 1 aromatic carbocycles. The van der Waals surface area contributed by atoms with Crippen LogP contribution in [0.5, 0.6) is 0 Å². The summed E-state index contributed by atoms with van der Waals surface area (Å²) in [4.78, 5) is 24.0. The van der Waals surface area contributed by atoms with E-state index in [0.717, 1.165) is 35.3 Å². The van der Waals surface area contributed by atoms with Gasteiger partial charge in [-0.2, -0.15) is 0 Å². The molecule has 0 radical (unpaired) electrons. The van der Waals surface area contributed by atoms with Crippen molar-refractivity contribution in [2.45, 2.75) is 13.3 Å². The molecule has 3 rings (SSSR count). The van der Waals surface area contributed by atoms with E-state index in [1.165, 1.54) is 0 Å². The maximum absolute atomic E-state index is 12.8. The van der Waals surface area contributed by atoms with E-state index < -0.39 is 0 Å². The largest absolute Gasteiger partial charge is 0.352 e. The van der Waals surface area contributed by atoms with Crippen LogP contribution in [0, 0.1) is 6.92 Å². The second-order valence-electron chi connectivity index (χ2n) is 6.85. The first-order valence-electron chi connectivity index (χ1n) is 8.78. The molecule has 0 atom stereocenters. The number of nitrogens with one attached hydrogen (secondary N) is 1. The highest BCUT2D eigenvalue weighted by molar-refractivity contribution is 6.07. The summed E-state index contributed by atoms with van der Waals surface area (Å²) in [6.07, 6.45) is 4.52. The first-order valence-corrected chi connectivity index (χ1v) is 8.78. The SMILES string of the molecule is Cc1ccc2nc(-c3nccn3C)cc(C(=O)NCCCN(C)C)c2c1. The highest BCUT2D eigenvalue weighted by Crippen LogP contribution is 2.24. The third-order valence-corrected chi connectivity index (χ3v) is 4.33. The van der Waals surface area contributed by atoms with Gasteiger partial charge in [-0.3, -0.25) is 4.79 Å². The van der Waals surface area contributed by atoms with E-state index in [0.29, 0.717) is 17.8 Å². The van der Waals surface area contributed by atoms with Crippen molar-refractivity contribution in [2.75, 3.05) is 27.2 Å². The number of pyridine rings is 1. The molecule has 136 valence electrons. The van der Waals surface area contributed by atoms with E-state index in [1.54, 1.807) is 6.20 Å². The minimum Gasteiger partial charge on any atom is -0.352 e. The lowest BCUT2D eigenvalue weighted by Gasteiger charge is -2.12. The highest BCUT2D eigenvalue weighted by Gasteiger charge is 2.15. The molecular formula is C20H25N5O. The molecule has 2 heterocycles. The molecule has 1 amide bonds. The Morgan fingerprint density at radius 3 is 2.77 bits per heavy atom. The first-order chi connectivity index (χ1) is 12.5. The molecular weight excluding hydrogens is 326 g/mol. The molecule has 0 aliphatic rings. The molecule has 2 aromatic heterocycles. The summed E-state index contributed by atoms with van der Waals surface area (Å²) in [7, 11) is 5.98. The zero-order valence-corrected chi connectivity index (χ0v) is 15.8. The Kier molecular flexibility index (Phi) is 5.32. The van der Waals surface area contributed by atoms with Crippen molar-refractivity contribution in [3.63, 3.8) is 0 Å². The van der Waals surface area contributed by atoms with Gasteiger partial charge in [0.1, 0.15) is 5.69 Å². The lowest BCUT2D eigenvalue weighted by Crippen LogP contribution is -2.27. The van der Waals surface area contributed by atoms with Crippen molar-refractivity contribution in [1.29, 1.82) is 0 Å². The van der Waals surface area contributed by atoms with E-state index >= 15 is 0 Å². The van der Waals surface area contributed by atoms with Crippen molar-refractivity contribution < 1.29 is 4.79 Å². The molecule has 0 fully saturated rings. The number of carbonyl (C=O) groups excluding carboxylic acids is 1. The number of benzene rings is 1. The minimum atomic E-state index is -0.0720. The van der Waals surface area contributed by atoms with Gasteiger partial charge in [0.2, 0.25) is 0 Å². The van der Waals surface area contributed by atoms with E-state index in [4.69, 9.17) is 4.98 Å². The van der Waals surface area contributed by atoms with Crippen LogP contribution < -0.4 is 5.32 Å². The van der Waals surface area contributed by atoms with Crippen LogP contribution in [0.3, 0.4) is 0 Å². The van der Waals surface area contributed by atoms with Gasteiger partial charge in [0, 0.05) is 31.4 Å². The lowest BCUT2D eigenvalue weighted by atomic mass is 10.0. The summed E-state index contributed by atoms with van der Waals surface area (Å²) in [6.45, 7) is 3.60. The molecule has 0 saturated carbocycles. The lowest BCUT2D eigenvalue weighted by molar-refractivity contribution is 0.0954. The number of rotatable bonds is 6. The highest BCUT2D eigenvalue weighted by atomic mass is 16.1. The van der Waals surface area contributed by atoms with Gasteiger partial charge in [-0.25, -0.2) is 9.97 Å². The molecule has 0 saturated heterocycles. The predicted molar refractivity (Wildman–Crippen MR) is 104 cm³/mol. The number of nitrogens with zero attached hydrogens (tertiary/aromatic N) is 4. The summed E-state index contributed by atoms with van der Waals surface area (Å²) < 4.78 is 1.90. The number of imidazole rings is 1. The third-order valence-electron chi connectivity index (χ3n) is 4.33. The minimum absolute atomic E-state index is 0.0720. The molecule has 6 nitrogen and oxygen atoms in total. The van der Waals surface area contributed by atoms with Gasteiger partial charge in [-0.15, -0.1) is 0 Å². The number of amides is 1. The zero-order valence-electron chi connectivity index (χ0n) is 15.8. The number of fused-ring (bicyclic) bond motifs is 1. The van der Waals surface area contributed by atoms with Crippen molar-refractivity contribution in [3.05, 3.63) is 47.8 Å². The average Bonchev–Trinajstić information content (AvgIpc) is 3.03. The number of carbonyl (C=O) groups is 1. The second-order valence-corrected chi connectivity index (χ2v) is 6.85. The van der Waals surface area contributed by atoms with Crippen molar-refractivity contribution in [3.8, 4) is 11.5 Å². The van der Waals surface area contributed by atoms with Crippen LogP contribution in [-0.2, 0) is 7.05 Å². The molecule has 3 aromatic rings. The van der Waals surface area contributed by atoms with Gasteiger partial charge < -0.3 is 14.8 Å². The summed E-state index contributed by atoms with van der Waals surface area (Å²) in [5.74, 6) is 0.673. The van der Waals surface area contributed by atoms with E-state index in [2.05, 4.69) is 15.2 Å². The summed E-state index contributed by atoms with van der Waals surface area (Å²) in [5, 5.41) is 3.90. The predicted octanol–water partition coefficient (Wildman–Crippen LogP) is 2.63. The number of hydrogen-bond donors (Lipinski definition) is 1. The van der Waals surface area contributed by atoms with Crippen LogP contribution in [0.2, 0.25) is 0 Å². The fourth-order valence-corrected chi connectivity index (χ4v) is 2.95. The van der Waals surface area contributed by atoms with Gasteiger partial charge >= 0.3 is 0 Å². The molecule has 1 N–H and O–H groups in total. The van der Waals surface area contributed by atoms with Crippen LogP contribution in [0.15, 0.2) is 36.7 Å². The molecule has 6 heteroatoms. The van der Waals surface area contributed by atoms with Crippen LogP contribution in [-0.4, -0.2) is 52.5 Å². The molecule has 0 unspecified atom stereocenters. The maximum atomic E-state index is 12.8. The fourth-order valence-electron chi connectivity index (χ4n) is 2.95. The summed E-state index contributed by atoms with van der Waals surface area (Å²) in [6, 6.07) is 7.82. The molecule has 0 bridgehead atoms. The Morgan fingerprint density at radius 1 is 1.27 bits per heavy atom. The van der Waals surface area contributed by atoms with E-state index in [9.17, 15) is 4.79 Å². The molecule has 26 heavy (non-hydrogen) atoms. The van der Waals surface area contributed by atoms with Gasteiger partial charge in [0.05, 0.1) is 11.1 Å². The standard InChI is InChI=1S/C20H25N5O/c1-14-6-7-17-15(12-14)16(20(26)22-8-5-10-24(2)3)13-18(23-17)19-21-9-11-25(19)4/h6-7,9,11-13H,5,8,10H2,1-4H3,(H,22,26). The van der Waals surface area contributed by atoms with Crippen LogP contribution in [0.4, 0.5) is 0 Å². The van der Waals surface area contributed by atoms with Crippen LogP contribution >= 0.6 is 0 Å². The van der Waals surface area contributed by atoms with Gasteiger partial charge in [-0.1, -0.05) is 11.6 Å². The van der Waals surface area contributed by atoms with Gasteiger partial charge in [0.25, 0.3) is 5.91 Å². The van der Waals surface area contributed by atoms with Crippen molar-refractivity contribution >= 4 is 16.8 Å². The van der Waals surface area contributed by atoms with Crippen molar-refractivity contribution in [2.24, 2.45) is 7.05 Å². The fraction of sp³-hybridized carbons (Fsp3) is 0.350. The van der Waals surface area contributed by atoms with Crippen LogP contribution in [0.1, 0.15) is 22.3 Å². The van der Waals surface area contributed by atoms with E-state index in [-0.39, 0.29) is 5.91 Å². The smallest absolute Gasteiger partial charge is 0.252 e. The molecule has 0 spiro atoms. The number of hydrogen-bond acceptors (Lipinski definition) is 4. The molecule has 0 aliphatic carbocycles. The monoisotopic (exact) mass is 351 g/mol. The third kappa shape index (κ3) is 3.91. The Morgan fingerprint density at radius 2 is 2.08 bits per heavy atom. The number of aromatic nitrogens is 3. The first kappa shape index (κ1) is 18.1. The van der Waals surface area contributed by atoms with Gasteiger partial charge in [-0.05, 0) is 52.2 Å². The Bertz CT molecular complexity index is 929. The Hall–Kier alpha value is -2.73. The topological polar surface area (TPSA) is 63.1 Å². The zero-order chi connectivity index (χ0) is 18.7. The van der Waals surface area contributed by atoms with E-state index in [1.807, 2.05) is 63.1 Å². The second kappa shape index (κ2) is 7.66. The van der Waals surface area contributed by atoms with Crippen LogP contribution in [0.25, 0.3) is 22.4 Å². The molecule has 0 aliphatic heterocycles. The normalized spacial score (nSPS) is 11.3. The number of aryl methyl sites for hydroxylation is 2. The maximum Gasteiger partial charge on any atom is 0.252 e. The summed E-state index contributed by atoms with van der Waals surface area (Å²) in [5.41, 5.74) is 3.24. The average molecular weight is 351 g/mol. The van der Waals surface area contributed by atoms with Gasteiger partial charge in [0.15, 0.2) is 5.82 Å².